The molecule has 4 aromatic heterocycles. The minimum atomic E-state index is -0.150. The number of aromatic amines is 1. The smallest absolute Gasteiger partial charge is 0.134 e. The molecule has 0 aliphatic carbocycles. The molecule has 3 aromatic carbocycles. The molecule has 8 rings (SSSR count). The van der Waals surface area contributed by atoms with Gasteiger partial charge in [-0.2, -0.15) is 0 Å². The Morgan fingerprint density at radius 2 is 1.31 bits per heavy atom. The van der Waals surface area contributed by atoms with E-state index in [0.717, 1.165) is 66.1 Å². The fourth-order valence-corrected chi connectivity index (χ4v) is 5.81. The van der Waals surface area contributed by atoms with Crippen molar-refractivity contribution in [2.45, 2.75) is 26.2 Å². The van der Waals surface area contributed by atoms with Crippen LogP contribution in [0.4, 0.5) is 0 Å². The summed E-state index contributed by atoms with van der Waals surface area (Å²) >= 11 is 0. The topological polar surface area (TPSA) is 74.7 Å². The highest BCUT2D eigenvalue weighted by molar-refractivity contribution is 6.07. The van der Waals surface area contributed by atoms with Crippen LogP contribution in [0.5, 0.6) is 5.75 Å². The van der Waals surface area contributed by atoms with E-state index in [1.54, 1.807) is 0 Å². The number of nitrogens with zero attached hydrogens (tertiary/aromatic N) is 3. The summed E-state index contributed by atoms with van der Waals surface area (Å²) in [4.78, 5) is 18.7. The van der Waals surface area contributed by atoms with Crippen molar-refractivity contribution in [1.29, 1.82) is 0 Å². The molecule has 202 valence electrons. The van der Waals surface area contributed by atoms with Gasteiger partial charge in [-0.3, -0.25) is 0 Å². The average Bonchev–Trinajstić information content (AvgIpc) is 3.66. The molecule has 5 heteroatoms. The highest BCUT2D eigenvalue weighted by atomic mass is 16.3. The number of rotatable bonds is 0. The van der Waals surface area contributed by atoms with E-state index < -0.39 is 0 Å². The molecular weight excluding hydrogens is 516 g/mol. The van der Waals surface area contributed by atoms with Gasteiger partial charge in [-0.25, -0.2) is 15.0 Å². The molecule has 1 aliphatic rings. The number of pyridine rings is 2. The summed E-state index contributed by atoms with van der Waals surface area (Å²) in [5, 5.41) is 17.2. The van der Waals surface area contributed by atoms with Crippen LogP contribution in [-0.4, -0.2) is 25.0 Å². The lowest BCUT2D eigenvalue weighted by atomic mass is 9.85. The predicted molar refractivity (Wildman–Crippen MR) is 175 cm³/mol. The summed E-state index contributed by atoms with van der Waals surface area (Å²) in [5.74, 6) is 0.171. The lowest BCUT2D eigenvalue weighted by Gasteiger charge is -2.20. The van der Waals surface area contributed by atoms with E-state index in [0.29, 0.717) is 16.3 Å². The van der Waals surface area contributed by atoms with E-state index in [9.17, 15) is 5.11 Å². The number of phenolic OH excluding ortho intramolecular Hbond substituents is 1. The standard InChI is InChI=1S/C37H28N4O/c1-37(2,3)25-18-28-32-16-12-27(39-32)20-26-11-15-30(38-26)23-5-4-6-24(17-23)31-13-9-21-7-8-22-10-14-33(29(19-25)36(28)42)41-35(22)34(21)40-31/h4-20,38,42H,1-3H3. The Bertz CT molecular complexity index is 2410. The second-order valence-electron chi connectivity index (χ2n) is 12.1. The Kier molecular flexibility index (Phi) is 5.16. The third kappa shape index (κ3) is 3.97. The van der Waals surface area contributed by atoms with Crippen LogP contribution in [0, 0.1) is 0 Å². The van der Waals surface area contributed by atoms with Crippen LogP contribution >= 0.6 is 0 Å². The van der Waals surface area contributed by atoms with Crippen molar-refractivity contribution < 1.29 is 5.11 Å². The third-order valence-electron chi connectivity index (χ3n) is 8.19. The van der Waals surface area contributed by atoms with Crippen LogP contribution in [0.3, 0.4) is 0 Å². The minimum absolute atomic E-state index is 0.150. The zero-order chi connectivity index (χ0) is 28.6. The molecule has 0 atom stereocenters. The molecule has 5 heterocycles. The molecule has 7 aromatic rings. The van der Waals surface area contributed by atoms with Gasteiger partial charge in [0.25, 0.3) is 0 Å². The fourth-order valence-electron chi connectivity index (χ4n) is 5.81. The van der Waals surface area contributed by atoms with E-state index in [4.69, 9.17) is 15.0 Å². The molecular formula is C37H28N4O. The van der Waals surface area contributed by atoms with E-state index in [-0.39, 0.29) is 11.2 Å². The van der Waals surface area contributed by atoms with Crippen molar-refractivity contribution in [3.63, 3.8) is 0 Å². The Hall–Kier alpha value is -5.29. The van der Waals surface area contributed by atoms with Crippen molar-refractivity contribution in [2.24, 2.45) is 0 Å². The third-order valence-corrected chi connectivity index (χ3v) is 8.19. The van der Waals surface area contributed by atoms with Crippen LogP contribution in [-0.2, 0) is 5.41 Å². The number of H-pyrrole nitrogens is 1. The van der Waals surface area contributed by atoms with Crippen LogP contribution < -0.4 is 0 Å². The summed E-state index contributed by atoms with van der Waals surface area (Å²) in [5.41, 5.74) is 7.68. The average molecular weight is 545 g/mol. The molecule has 0 saturated heterocycles. The summed E-state index contributed by atoms with van der Waals surface area (Å²) in [6.07, 6.45) is 3.95. The van der Waals surface area contributed by atoms with Gasteiger partial charge in [0, 0.05) is 38.0 Å². The van der Waals surface area contributed by atoms with Gasteiger partial charge in [0.2, 0.25) is 0 Å². The normalized spacial score (nSPS) is 12.6. The maximum Gasteiger partial charge on any atom is 0.134 e. The van der Waals surface area contributed by atoms with Crippen molar-refractivity contribution in [3.05, 3.63) is 108 Å². The quantitative estimate of drug-likeness (QED) is 0.187. The Balaban J connectivity index is 1.61. The SMILES string of the molecule is CC(C)(C)c1cc2c3nc(cc4ccc([nH]4)c4cccc(c4)c4ccc5ccc6ccc(nc6c5n4)c(c1)c2O)C=C3. The van der Waals surface area contributed by atoms with Gasteiger partial charge in [0.05, 0.1) is 33.5 Å². The van der Waals surface area contributed by atoms with E-state index >= 15 is 0 Å². The maximum atomic E-state index is 11.7. The first-order valence-corrected chi connectivity index (χ1v) is 14.2. The molecule has 0 fully saturated rings. The number of aromatic nitrogens is 4. The fraction of sp³-hybridized carbons (Fsp3) is 0.108. The van der Waals surface area contributed by atoms with E-state index in [2.05, 4.69) is 105 Å². The highest BCUT2D eigenvalue weighted by Gasteiger charge is 2.19. The zero-order valence-corrected chi connectivity index (χ0v) is 23.6. The molecule has 12 bridgehead atoms. The molecule has 0 unspecified atom stereocenters. The summed E-state index contributed by atoms with van der Waals surface area (Å²) in [6, 6.07) is 31.1. The van der Waals surface area contributed by atoms with Crippen molar-refractivity contribution in [1.82, 2.24) is 19.9 Å². The van der Waals surface area contributed by atoms with Gasteiger partial charge in [0.1, 0.15) is 5.75 Å². The predicted octanol–water partition coefficient (Wildman–Crippen LogP) is 9.29. The van der Waals surface area contributed by atoms with E-state index in [1.807, 2.05) is 24.3 Å². The van der Waals surface area contributed by atoms with Crippen molar-refractivity contribution in [3.8, 4) is 5.75 Å². The molecule has 0 radical (unpaired) electrons. The minimum Gasteiger partial charge on any atom is -0.507 e. The lowest BCUT2D eigenvalue weighted by Crippen LogP contribution is -2.10. The highest BCUT2D eigenvalue weighted by Crippen LogP contribution is 2.37. The van der Waals surface area contributed by atoms with Gasteiger partial charge in [-0.1, -0.05) is 63.2 Å². The maximum absolute atomic E-state index is 11.7. The van der Waals surface area contributed by atoms with Gasteiger partial charge >= 0.3 is 0 Å². The Morgan fingerprint density at radius 3 is 2.10 bits per heavy atom. The molecule has 0 spiro atoms. The lowest BCUT2D eigenvalue weighted by molar-refractivity contribution is 0.486. The largest absolute Gasteiger partial charge is 0.507 e. The summed E-state index contributed by atoms with van der Waals surface area (Å²) in [7, 11) is 0. The second-order valence-corrected chi connectivity index (χ2v) is 12.1. The van der Waals surface area contributed by atoms with Crippen LogP contribution in [0.15, 0.2) is 91.0 Å². The van der Waals surface area contributed by atoms with Crippen molar-refractivity contribution in [2.75, 3.05) is 0 Å². The molecule has 0 saturated carbocycles. The molecule has 42 heavy (non-hydrogen) atoms. The molecule has 1 aliphatic heterocycles. The van der Waals surface area contributed by atoms with Gasteiger partial charge < -0.3 is 10.1 Å². The molecule has 5 nitrogen and oxygen atoms in total. The van der Waals surface area contributed by atoms with Crippen molar-refractivity contribution >= 4 is 77.6 Å². The number of hydrogen-bond donors (Lipinski definition) is 2. The molecule has 0 amide bonds. The monoisotopic (exact) mass is 544 g/mol. The first kappa shape index (κ1) is 24.5. The van der Waals surface area contributed by atoms with Crippen LogP contribution in [0.2, 0.25) is 0 Å². The Morgan fingerprint density at radius 1 is 0.619 bits per heavy atom. The summed E-state index contributed by atoms with van der Waals surface area (Å²) in [6.45, 7) is 6.53. The second kappa shape index (κ2) is 8.85. The van der Waals surface area contributed by atoms with E-state index in [1.165, 1.54) is 0 Å². The zero-order valence-electron chi connectivity index (χ0n) is 23.6. The van der Waals surface area contributed by atoms with Gasteiger partial charge in [-0.05, 0) is 77.0 Å². The Labute approximate surface area is 242 Å². The number of aromatic hydroxyl groups is 1. The number of hydrogen-bond acceptors (Lipinski definition) is 4. The van der Waals surface area contributed by atoms with Crippen LogP contribution in [0.25, 0.3) is 77.6 Å². The number of fused-ring (bicyclic) bond motifs is 14. The first-order valence-electron chi connectivity index (χ1n) is 14.2. The number of benzene rings is 3. The van der Waals surface area contributed by atoms with Gasteiger partial charge in [0.15, 0.2) is 0 Å². The number of phenols is 1. The number of nitrogens with one attached hydrogen (secondary N) is 1. The first-order chi connectivity index (χ1) is 20.3. The van der Waals surface area contributed by atoms with Crippen LogP contribution in [0.1, 0.15) is 37.7 Å². The van der Waals surface area contributed by atoms with Gasteiger partial charge in [-0.15, -0.1) is 0 Å². The summed E-state index contributed by atoms with van der Waals surface area (Å²) < 4.78 is 0. The molecule has 2 N–H and O–H groups in total.